The molecule has 1 N–H and O–H groups in total. The summed E-state index contributed by atoms with van der Waals surface area (Å²) in [6, 6.07) is 13.1. The molecule has 1 amide bonds. The Labute approximate surface area is 138 Å². The summed E-state index contributed by atoms with van der Waals surface area (Å²) in [6.45, 7) is 0.427. The van der Waals surface area contributed by atoms with Crippen LogP contribution in [0, 0.1) is 5.82 Å². The molecule has 0 aliphatic rings. The monoisotopic (exact) mass is 325 g/mol. The lowest BCUT2D eigenvalue weighted by atomic mass is 10.2. The van der Waals surface area contributed by atoms with Crippen molar-refractivity contribution in [3.05, 3.63) is 77.9 Å². The molecule has 3 aromatic rings. The van der Waals surface area contributed by atoms with Crippen LogP contribution in [0.15, 0.2) is 60.9 Å². The molecule has 0 fully saturated rings. The smallest absolute Gasteiger partial charge is 0.255 e. The summed E-state index contributed by atoms with van der Waals surface area (Å²) in [6.07, 6.45) is 3.26. The van der Waals surface area contributed by atoms with Crippen LogP contribution in [0.4, 0.5) is 10.1 Å². The van der Waals surface area contributed by atoms with Gasteiger partial charge in [0.05, 0.1) is 25.5 Å². The lowest BCUT2D eigenvalue weighted by molar-refractivity contribution is 0.102. The van der Waals surface area contributed by atoms with Crippen molar-refractivity contribution in [2.45, 2.75) is 6.54 Å². The zero-order chi connectivity index (χ0) is 16.9. The van der Waals surface area contributed by atoms with Crippen LogP contribution in [0.5, 0.6) is 5.75 Å². The SMILES string of the molecule is COc1ccc(C(=O)Nc2cnn(Cc3cccc(F)c3)c2)cc1. The van der Waals surface area contributed by atoms with E-state index in [1.165, 1.54) is 12.1 Å². The van der Waals surface area contributed by atoms with Crippen molar-refractivity contribution in [2.24, 2.45) is 0 Å². The number of nitrogens with one attached hydrogen (secondary N) is 1. The van der Waals surface area contributed by atoms with Gasteiger partial charge in [-0.15, -0.1) is 0 Å². The Kier molecular flexibility index (Phi) is 4.56. The quantitative estimate of drug-likeness (QED) is 0.783. The molecule has 0 bridgehead atoms. The number of halogens is 1. The standard InChI is InChI=1S/C18H16FN3O2/c1-24-17-7-5-14(6-8-17)18(23)21-16-10-20-22(12-16)11-13-3-2-4-15(19)9-13/h2-10,12H,11H2,1H3,(H,21,23). The Morgan fingerprint density at radius 2 is 2.04 bits per heavy atom. The zero-order valence-electron chi connectivity index (χ0n) is 13.1. The van der Waals surface area contributed by atoms with Crippen molar-refractivity contribution in [3.8, 4) is 5.75 Å². The predicted octanol–water partition coefficient (Wildman–Crippen LogP) is 3.33. The highest BCUT2D eigenvalue weighted by Gasteiger charge is 2.08. The predicted molar refractivity (Wildman–Crippen MR) is 88.7 cm³/mol. The van der Waals surface area contributed by atoms with Gasteiger partial charge in [-0.25, -0.2) is 4.39 Å². The molecular weight excluding hydrogens is 309 g/mol. The van der Waals surface area contributed by atoms with E-state index in [0.717, 1.165) is 5.56 Å². The molecule has 0 spiro atoms. The van der Waals surface area contributed by atoms with E-state index in [9.17, 15) is 9.18 Å². The van der Waals surface area contributed by atoms with Gasteiger partial charge in [-0.05, 0) is 42.0 Å². The van der Waals surface area contributed by atoms with Gasteiger partial charge >= 0.3 is 0 Å². The summed E-state index contributed by atoms with van der Waals surface area (Å²) in [5.74, 6) is 0.171. The number of benzene rings is 2. The van der Waals surface area contributed by atoms with Crippen molar-refractivity contribution in [3.63, 3.8) is 0 Å². The number of rotatable bonds is 5. The molecule has 6 heteroatoms. The maximum absolute atomic E-state index is 13.2. The largest absolute Gasteiger partial charge is 0.497 e. The van der Waals surface area contributed by atoms with Crippen LogP contribution >= 0.6 is 0 Å². The molecular formula is C18H16FN3O2. The van der Waals surface area contributed by atoms with Crippen LogP contribution in [0.25, 0.3) is 0 Å². The zero-order valence-corrected chi connectivity index (χ0v) is 13.1. The fourth-order valence-electron chi connectivity index (χ4n) is 2.28. The van der Waals surface area contributed by atoms with Gasteiger partial charge in [-0.1, -0.05) is 12.1 Å². The third-order valence-electron chi connectivity index (χ3n) is 3.48. The molecule has 0 aliphatic heterocycles. The second-order valence-corrected chi connectivity index (χ2v) is 5.24. The fraction of sp³-hybridized carbons (Fsp3) is 0.111. The number of aromatic nitrogens is 2. The summed E-state index contributed by atoms with van der Waals surface area (Å²) in [7, 11) is 1.57. The molecule has 0 saturated heterocycles. The van der Waals surface area contributed by atoms with E-state index in [-0.39, 0.29) is 11.7 Å². The Morgan fingerprint density at radius 3 is 2.75 bits per heavy atom. The van der Waals surface area contributed by atoms with Crippen LogP contribution < -0.4 is 10.1 Å². The molecule has 0 aliphatic carbocycles. The first-order valence-corrected chi connectivity index (χ1v) is 7.36. The number of hydrogen-bond donors (Lipinski definition) is 1. The van der Waals surface area contributed by atoms with Gasteiger partial charge < -0.3 is 10.1 Å². The van der Waals surface area contributed by atoms with Gasteiger partial charge in [0.15, 0.2) is 0 Å². The molecule has 2 aromatic carbocycles. The minimum atomic E-state index is -0.285. The van der Waals surface area contributed by atoms with Crippen LogP contribution in [0.2, 0.25) is 0 Å². The van der Waals surface area contributed by atoms with Gasteiger partial charge in [-0.3, -0.25) is 9.48 Å². The minimum absolute atomic E-state index is 0.233. The second kappa shape index (κ2) is 6.95. The third-order valence-corrected chi connectivity index (χ3v) is 3.48. The summed E-state index contributed by atoms with van der Waals surface area (Å²) in [4.78, 5) is 12.2. The van der Waals surface area contributed by atoms with E-state index in [0.29, 0.717) is 23.5 Å². The Bertz CT molecular complexity index is 843. The van der Waals surface area contributed by atoms with Crippen molar-refractivity contribution in [1.29, 1.82) is 0 Å². The van der Waals surface area contributed by atoms with Gasteiger partial charge in [0.1, 0.15) is 11.6 Å². The lowest BCUT2D eigenvalue weighted by Gasteiger charge is -2.04. The van der Waals surface area contributed by atoms with Gasteiger partial charge in [-0.2, -0.15) is 5.10 Å². The normalized spacial score (nSPS) is 10.4. The topological polar surface area (TPSA) is 56.1 Å². The molecule has 0 saturated carbocycles. The van der Waals surface area contributed by atoms with Crippen LogP contribution in [-0.4, -0.2) is 22.8 Å². The van der Waals surface area contributed by atoms with Gasteiger partial charge in [0.25, 0.3) is 5.91 Å². The van der Waals surface area contributed by atoms with Gasteiger partial charge in [0.2, 0.25) is 0 Å². The van der Waals surface area contributed by atoms with Crippen LogP contribution in [0.3, 0.4) is 0 Å². The highest BCUT2D eigenvalue weighted by molar-refractivity contribution is 6.04. The summed E-state index contributed by atoms with van der Waals surface area (Å²) in [5, 5.41) is 6.95. The minimum Gasteiger partial charge on any atom is -0.497 e. The van der Waals surface area contributed by atoms with Crippen LogP contribution in [-0.2, 0) is 6.54 Å². The van der Waals surface area contributed by atoms with Crippen molar-refractivity contribution in [1.82, 2.24) is 9.78 Å². The molecule has 122 valence electrons. The van der Waals surface area contributed by atoms with E-state index >= 15 is 0 Å². The average molecular weight is 325 g/mol. The molecule has 0 radical (unpaired) electrons. The number of anilines is 1. The Balaban J connectivity index is 1.65. The maximum atomic E-state index is 13.2. The molecule has 1 heterocycles. The van der Waals surface area contributed by atoms with E-state index in [4.69, 9.17) is 4.74 Å². The molecule has 3 rings (SSSR count). The summed E-state index contributed by atoms with van der Waals surface area (Å²) < 4.78 is 19.9. The molecule has 1 aromatic heterocycles. The van der Waals surface area contributed by atoms with Crippen molar-refractivity contribution >= 4 is 11.6 Å². The maximum Gasteiger partial charge on any atom is 0.255 e. The third kappa shape index (κ3) is 3.78. The Morgan fingerprint density at radius 1 is 1.25 bits per heavy atom. The first-order chi connectivity index (χ1) is 11.6. The average Bonchev–Trinajstić information content (AvgIpc) is 3.02. The number of amides is 1. The lowest BCUT2D eigenvalue weighted by Crippen LogP contribution is -2.11. The number of carbonyl (C=O) groups is 1. The highest BCUT2D eigenvalue weighted by atomic mass is 19.1. The molecule has 0 unspecified atom stereocenters. The molecule has 0 atom stereocenters. The van der Waals surface area contributed by atoms with E-state index in [1.54, 1.807) is 54.5 Å². The van der Waals surface area contributed by atoms with E-state index < -0.39 is 0 Å². The number of methoxy groups -OCH3 is 1. The summed E-state index contributed by atoms with van der Waals surface area (Å²) >= 11 is 0. The first-order valence-electron chi connectivity index (χ1n) is 7.36. The second-order valence-electron chi connectivity index (χ2n) is 5.24. The fourth-order valence-corrected chi connectivity index (χ4v) is 2.28. The number of nitrogens with zero attached hydrogens (tertiary/aromatic N) is 2. The number of carbonyl (C=O) groups excluding carboxylic acids is 1. The van der Waals surface area contributed by atoms with E-state index in [1.807, 2.05) is 6.07 Å². The highest BCUT2D eigenvalue weighted by Crippen LogP contribution is 2.14. The van der Waals surface area contributed by atoms with Gasteiger partial charge in [0, 0.05) is 11.8 Å². The van der Waals surface area contributed by atoms with Crippen molar-refractivity contribution in [2.75, 3.05) is 12.4 Å². The number of hydrogen-bond acceptors (Lipinski definition) is 3. The number of ether oxygens (including phenoxy) is 1. The molecule has 24 heavy (non-hydrogen) atoms. The Hall–Kier alpha value is -3.15. The van der Waals surface area contributed by atoms with Crippen LogP contribution in [0.1, 0.15) is 15.9 Å². The summed E-state index contributed by atoms with van der Waals surface area (Å²) in [5.41, 5.74) is 1.90. The first kappa shape index (κ1) is 15.7. The molecule has 5 nitrogen and oxygen atoms in total. The van der Waals surface area contributed by atoms with Crippen molar-refractivity contribution < 1.29 is 13.9 Å². The van der Waals surface area contributed by atoms with E-state index in [2.05, 4.69) is 10.4 Å².